The van der Waals surface area contributed by atoms with E-state index in [0.717, 1.165) is 28.9 Å². The van der Waals surface area contributed by atoms with Crippen LogP contribution in [0.4, 0.5) is 0 Å². The first-order valence-corrected chi connectivity index (χ1v) is 6.91. The third kappa shape index (κ3) is 2.08. The largest absolute Gasteiger partial charge is 0.343 e. The van der Waals surface area contributed by atoms with Crippen molar-refractivity contribution in [2.24, 2.45) is 0 Å². The first-order chi connectivity index (χ1) is 8.75. The molecule has 0 saturated heterocycles. The molecule has 0 aliphatic heterocycles. The lowest BCUT2D eigenvalue weighted by atomic mass is 9.97. The molecule has 0 unspecified atom stereocenters. The van der Waals surface area contributed by atoms with Crippen molar-refractivity contribution < 1.29 is 0 Å². The molecule has 1 N–H and O–H groups in total. The maximum atomic E-state index is 6.20. The number of nitrogens with one attached hydrogen (secondary N) is 1. The second-order valence-electron chi connectivity index (χ2n) is 4.53. The zero-order chi connectivity index (χ0) is 12.5. The van der Waals surface area contributed by atoms with Crippen LogP contribution in [0.1, 0.15) is 24.1 Å². The third-order valence-corrected chi connectivity index (χ3v) is 4.00. The van der Waals surface area contributed by atoms with E-state index in [1.165, 1.54) is 24.1 Å². The molecule has 0 atom stereocenters. The molecule has 1 heterocycles. The molecule has 1 aliphatic rings. The molecule has 92 valence electrons. The van der Waals surface area contributed by atoms with Gasteiger partial charge in [-0.1, -0.05) is 36.0 Å². The van der Waals surface area contributed by atoms with E-state index in [0.29, 0.717) is 5.02 Å². The Balaban J connectivity index is 2.17. The molecule has 0 saturated carbocycles. The number of halogens is 1. The molecule has 2 aromatic rings. The second kappa shape index (κ2) is 4.82. The Labute approximate surface area is 116 Å². The molecule has 1 aliphatic carbocycles. The average Bonchev–Trinajstić information content (AvgIpc) is 2.39. The summed E-state index contributed by atoms with van der Waals surface area (Å²) >= 11 is 11.6. The van der Waals surface area contributed by atoms with Gasteiger partial charge in [0.15, 0.2) is 0 Å². The summed E-state index contributed by atoms with van der Waals surface area (Å²) in [4.78, 5) is 7.89. The van der Waals surface area contributed by atoms with Gasteiger partial charge in [0, 0.05) is 16.8 Å². The van der Waals surface area contributed by atoms with Gasteiger partial charge in [-0.3, -0.25) is 0 Å². The minimum Gasteiger partial charge on any atom is -0.343 e. The number of aryl methyl sites for hydroxylation is 1. The Morgan fingerprint density at radius 2 is 1.94 bits per heavy atom. The summed E-state index contributed by atoms with van der Waals surface area (Å²) in [7, 11) is 0. The van der Waals surface area contributed by atoms with Gasteiger partial charge in [-0.25, -0.2) is 4.98 Å². The molecule has 0 fully saturated rings. The summed E-state index contributed by atoms with van der Waals surface area (Å²) < 4.78 is 0.721. The van der Waals surface area contributed by atoms with Gasteiger partial charge in [0.1, 0.15) is 10.5 Å². The summed E-state index contributed by atoms with van der Waals surface area (Å²) in [6.45, 7) is 0. The zero-order valence-electron chi connectivity index (χ0n) is 9.87. The van der Waals surface area contributed by atoms with Gasteiger partial charge in [-0.05, 0) is 37.8 Å². The molecular formula is C14H13ClN2S. The van der Waals surface area contributed by atoms with E-state index in [4.69, 9.17) is 23.8 Å². The van der Waals surface area contributed by atoms with Gasteiger partial charge >= 0.3 is 0 Å². The molecule has 2 nitrogen and oxygen atoms in total. The Bertz CT molecular complexity index is 648. The van der Waals surface area contributed by atoms with Gasteiger partial charge in [0.25, 0.3) is 0 Å². The van der Waals surface area contributed by atoms with Crippen LogP contribution < -0.4 is 0 Å². The van der Waals surface area contributed by atoms with Crippen molar-refractivity contribution in [2.75, 3.05) is 0 Å². The Morgan fingerprint density at radius 3 is 2.78 bits per heavy atom. The summed E-state index contributed by atoms with van der Waals surface area (Å²) in [5, 5.41) is 0.700. The van der Waals surface area contributed by atoms with Gasteiger partial charge in [0.05, 0.1) is 5.02 Å². The number of hydrogen-bond donors (Lipinski definition) is 1. The minimum absolute atomic E-state index is 0.700. The highest BCUT2D eigenvalue weighted by Gasteiger charge is 2.14. The molecule has 1 aromatic carbocycles. The highest BCUT2D eigenvalue weighted by Crippen LogP contribution is 2.27. The van der Waals surface area contributed by atoms with Gasteiger partial charge in [0.2, 0.25) is 0 Å². The SMILES string of the molecule is S=c1nc(-c2ccccc2Cl)[nH]c2c1CCCC2. The molecule has 1 aromatic heterocycles. The third-order valence-electron chi connectivity index (χ3n) is 3.34. The van der Waals surface area contributed by atoms with E-state index in [1.54, 1.807) is 0 Å². The molecule has 3 rings (SSSR count). The number of rotatable bonds is 1. The zero-order valence-corrected chi connectivity index (χ0v) is 11.4. The van der Waals surface area contributed by atoms with Gasteiger partial charge in [-0.2, -0.15) is 0 Å². The predicted molar refractivity (Wildman–Crippen MR) is 76.5 cm³/mol. The van der Waals surface area contributed by atoms with Crippen molar-refractivity contribution in [1.82, 2.24) is 9.97 Å². The Kier molecular flexibility index (Phi) is 3.18. The molecule has 0 radical (unpaired) electrons. The first kappa shape index (κ1) is 11.9. The van der Waals surface area contributed by atoms with E-state index in [1.807, 2.05) is 24.3 Å². The van der Waals surface area contributed by atoms with Crippen LogP contribution in [-0.2, 0) is 12.8 Å². The fourth-order valence-electron chi connectivity index (χ4n) is 2.40. The molecular weight excluding hydrogens is 264 g/mol. The van der Waals surface area contributed by atoms with Crippen LogP contribution in [-0.4, -0.2) is 9.97 Å². The highest BCUT2D eigenvalue weighted by atomic mass is 35.5. The standard InChI is InChI=1S/C14H13ClN2S/c15-11-7-3-1-5-9(11)13-16-12-8-4-2-6-10(12)14(18)17-13/h1,3,5,7H,2,4,6,8H2,(H,16,17,18). The van der Waals surface area contributed by atoms with Gasteiger partial charge in [-0.15, -0.1) is 0 Å². The van der Waals surface area contributed by atoms with Crippen LogP contribution in [0.15, 0.2) is 24.3 Å². The summed E-state index contributed by atoms with van der Waals surface area (Å²) in [5.41, 5.74) is 3.36. The maximum absolute atomic E-state index is 6.20. The van der Waals surface area contributed by atoms with Crippen molar-refractivity contribution in [3.05, 3.63) is 45.2 Å². The highest BCUT2D eigenvalue weighted by molar-refractivity contribution is 7.71. The van der Waals surface area contributed by atoms with Crippen molar-refractivity contribution in [3.8, 4) is 11.4 Å². The van der Waals surface area contributed by atoms with Crippen molar-refractivity contribution in [3.63, 3.8) is 0 Å². The molecule has 0 spiro atoms. The fourth-order valence-corrected chi connectivity index (χ4v) is 2.94. The number of benzene rings is 1. The van der Waals surface area contributed by atoms with Gasteiger partial charge < -0.3 is 4.98 Å². The lowest BCUT2D eigenvalue weighted by Crippen LogP contribution is -2.08. The van der Waals surface area contributed by atoms with E-state index < -0.39 is 0 Å². The van der Waals surface area contributed by atoms with Crippen LogP contribution in [0.2, 0.25) is 5.02 Å². The lowest BCUT2D eigenvalue weighted by Gasteiger charge is -2.16. The Hall–Kier alpha value is -1.19. The monoisotopic (exact) mass is 276 g/mol. The van der Waals surface area contributed by atoms with E-state index in [9.17, 15) is 0 Å². The number of H-pyrrole nitrogens is 1. The number of aromatic amines is 1. The van der Waals surface area contributed by atoms with Crippen LogP contribution in [0, 0.1) is 4.64 Å². The first-order valence-electron chi connectivity index (χ1n) is 6.12. The molecule has 0 amide bonds. The molecule has 0 bridgehead atoms. The van der Waals surface area contributed by atoms with Crippen molar-refractivity contribution >= 4 is 23.8 Å². The van der Waals surface area contributed by atoms with Crippen LogP contribution in [0.3, 0.4) is 0 Å². The quantitative estimate of drug-likeness (QED) is 0.785. The van der Waals surface area contributed by atoms with Crippen LogP contribution in [0.5, 0.6) is 0 Å². The number of hydrogen-bond acceptors (Lipinski definition) is 2. The molecule has 18 heavy (non-hydrogen) atoms. The number of fused-ring (bicyclic) bond motifs is 1. The normalized spacial score (nSPS) is 14.3. The van der Waals surface area contributed by atoms with E-state index in [2.05, 4.69) is 9.97 Å². The van der Waals surface area contributed by atoms with Crippen molar-refractivity contribution in [2.45, 2.75) is 25.7 Å². The maximum Gasteiger partial charge on any atom is 0.140 e. The fraction of sp³-hybridized carbons (Fsp3) is 0.286. The van der Waals surface area contributed by atoms with Crippen LogP contribution >= 0.6 is 23.8 Å². The smallest absolute Gasteiger partial charge is 0.140 e. The topological polar surface area (TPSA) is 28.7 Å². The lowest BCUT2D eigenvalue weighted by molar-refractivity contribution is 0.661. The van der Waals surface area contributed by atoms with Crippen molar-refractivity contribution in [1.29, 1.82) is 0 Å². The Morgan fingerprint density at radius 1 is 1.17 bits per heavy atom. The predicted octanol–water partition coefficient (Wildman–Crippen LogP) is 4.34. The second-order valence-corrected chi connectivity index (χ2v) is 5.33. The van der Waals surface area contributed by atoms with E-state index in [-0.39, 0.29) is 0 Å². The number of nitrogens with zero attached hydrogens (tertiary/aromatic N) is 1. The summed E-state index contributed by atoms with van der Waals surface area (Å²) in [6.07, 6.45) is 4.52. The summed E-state index contributed by atoms with van der Waals surface area (Å²) in [5.74, 6) is 0.784. The van der Waals surface area contributed by atoms with Crippen LogP contribution in [0.25, 0.3) is 11.4 Å². The summed E-state index contributed by atoms with van der Waals surface area (Å²) in [6, 6.07) is 7.71. The average molecular weight is 277 g/mol. The number of aromatic nitrogens is 2. The molecule has 4 heteroatoms. The van der Waals surface area contributed by atoms with E-state index >= 15 is 0 Å². The minimum atomic E-state index is 0.700.